The number of aryl methyl sites for hydroxylation is 2. The molecule has 1 fully saturated rings. The molecule has 1 saturated heterocycles. The van der Waals surface area contributed by atoms with Crippen molar-refractivity contribution in [2.75, 3.05) is 36.4 Å². The second kappa shape index (κ2) is 8.70. The topological polar surface area (TPSA) is 48.5 Å². The van der Waals surface area contributed by atoms with E-state index >= 15 is 0 Å². The summed E-state index contributed by atoms with van der Waals surface area (Å²) in [5.74, 6) is 0.985. The van der Waals surface area contributed by atoms with Gasteiger partial charge < -0.3 is 15.1 Å². The SMILES string of the molecule is CCCCc1ccc(NC(=O)N2CCN(c3ccc(C)cn3)CC2)cc1. The lowest BCUT2D eigenvalue weighted by molar-refractivity contribution is 0.208. The first-order valence-corrected chi connectivity index (χ1v) is 9.48. The summed E-state index contributed by atoms with van der Waals surface area (Å²) in [5, 5.41) is 3.01. The minimum absolute atomic E-state index is 0.0252. The van der Waals surface area contributed by atoms with E-state index in [0.29, 0.717) is 13.1 Å². The average Bonchev–Trinajstić information content (AvgIpc) is 2.68. The van der Waals surface area contributed by atoms with Gasteiger partial charge in [-0.25, -0.2) is 9.78 Å². The highest BCUT2D eigenvalue weighted by Crippen LogP contribution is 2.16. The van der Waals surface area contributed by atoms with E-state index < -0.39 is 0 Å². The number of pyridine rings is 1. The number of rotatable bonds is 5. The van der Waals surface area contributed by atoms with Crippen LogP contribution in [0.15, 0.2) is 42.6 Å². The Morgan fingerprint density at radius 2 is 1.81 bits per heavy atom. The van der Waals surface area contributed by atoms with Crippen LogP contribution in [0.1, 0.15) is 30.9 Å². The van der Waals surface area contributed by atoms with Crippen LogP contribution < -0.4 is 10.2 Å². The van der Waals surface area contributed by atoms with E-state index in [9.17, 15) is 4.79 Å². The molecule has 2 heterocycles. The second-order valence-electron chi connectivity index (χ2n) is 6.90. The van der Waals surface area contributed by atoms with Crippen molar-refractivity contribution in [3.8, 4) is 0 Å². The van der Waals surface area contributed by atoms with Crippen LogP contribution in [0, 0.1) is 6.92 Å². The molecule has 1 aliphatic heterocycles. The van der Waals surface area contributed by atoms with Gasteiger partial charge in [-0.2, -0.15) is 0 Å². The van der Waals surface area contributed by atoms with Gasteiger partial charge in [0.2, 0.25) is 0 Å². The van der Waals surface area contributed by atoms with Crippen molar-refractivity contribution in [3.63, 3.8) is 0 Å². The van der Waals surface area contributed by atoms with E-state index in [1.807, 2.05) is 36.2 Å². The maximum absolute atomic E-state index is 12.5. The molecule has 1 N–H and O–H groups in total. The number of carbonyl (C=O) groups excluding carboxylic acids is 1. The lowest BCUT2D eigenvalue weighted by Gasteiger charge is -2.35. The zero-order valence-electron chi connectivity index (χ0n) is 15.7. The number of unbranched alkanes of at least 4 members (excludes halogenated alkanes) is 1. The van der Waals surface area contributed by atoms with Gasteiger partial charge in [0, 0.05) is 38.1 Å². The Hall–Kier alpha value is -2.56. The molecule has 1 aromatic carbocycles. The van der Waals surface area contributed by atoms with Crippen LogP contribution in [-0.2, 0) is 6.42 Å². The van der Waals surface area contributed by atoms with Crippen molar-refractivity contribution in [2.45, 2.75) is 33.1 Å². The Kier molecular flexibility index (Phi) is 6.10. The molecule has 0 radical (unpaired) electrons. The molecule has 0 saturated carbocycles. The summed E-state index contributed by atoms with van der Waals surface area (Å²) in [6.07, 6.45) is 5.38. The number of nitrogens with zero attached hydrogens (tertiary/aromatic N) is 3. The van der Waals surface area contributed by atoms with Gasteiger partial charge in [-0.15, -0.1) is 0 Å². The fourth-order valence-electron chi connectivity index (χ4n) is 3.12. The number of urea groups is 1. The van der Waals surface area contributed by atoms with E-state index in [1.54, 1.807) is 0 Å². The fraction of sp³-hybridized carbons (Fsp3) is 0.429. The summed E-state index contributed by atoms with van der Waals surface area (Å²) in [6, 6.07) is 12.3. The summed E-state index contributed by atoms with van der Waals surface area (Å²) < 4.78 is 0. The van der Waals surface area contributed by atoms with Crippen LogP contribution >= 0.6 is 0 Å². The van der Waals surface area contributed by atoms with Gasteiger partial charge in [0.15, 0.2) is 0 Å². The van der Waals surface area contributed by atoms with Gasteiger partial charge in [-0.05, 0) is 49.1 Å². The number of anilines is 2. The number of carbonyl (C=O) groups is 1. The van der Waals surface area contributed by atoms with Gasteiger partial charge in [-0.1, -0.05) is 31.5 Å². The molecule has 2 amide bonds. The Morgan fingerprint density at radius 1 is 1.08 bits per heavy atom. The number of benzene rings is 1. The predicted octanol–water partition coefficient (Wildman–Crippen LogP) is 4.09. The molecule has 138 valence electrons. The molecule has 0 atom stereocenters. The molecule has 3 rings (SSSR count). The van der Waals surface area contributed by atoms with Gasteiger partial charge in [0.05, 0.1) is 0 Å². The van der Waals surface area contributed by atoms with E-state index in [1.165, 1.54) is 18.4 Å². The smallest absolute Gasteiger partial charge is 0.321 e. The monoisotopic (exact) mass is 352 g/mol. The zero-order chi connectivity index (χ0) is 18.4. The van der Waals surface area contributed by atoms with Crippen LogP contribution in [0.5, 0.6) is 0 Å². The number of hydrogen-bond donors (Lipinski definition) is 1. The summed E-state index contributed by atoms with van der Waals surface area (Å²) in [6.45, 7) is 7.25. The number of piperazine rings is 1. The number of nitrogens with one attached hydrogen (secondary N) is 1. The van der Waals surface area contributed by atoms with Crippen molar-refractivity contribution in [1.29, 1.82) is 0 Å². The maximum Gasteiger partial charge on any atom is 0.321 e. The Morgan fingerprint density at radius 3 is 2.42 bits per heavy atom. The van der Waals surface area contributed by atoms with Crippen molar-refractivity contribution < 1.29 is 4.79 Å². The van der Waals surface area contributed by atoms with Gasteiger partial charge >= 0.3 is 6.03 Å². The lowest BCUT2D eigenvalue weighted by Crippen LogP contribution is -2.50. The van der Waals surface area contributed by atoms with Crippen molar-refractivity contribution in [3.05, 3.63) is 53.7 Å². The zero-order valence-corrected chi connectivity index (χ0v) is 15.7. The second-order valence-corrected chi connectivity index (χ2v) is 6.90. The van der Waals surface area contributed by atoms with E-state index in [0.717, 1.165) is 36.6 Å². The van der Waals surface area contributed by atoms with Crippen molar-refractivity contribution in [2.24, 2.45) is 0 Å². The van der Waals surface area contributed by atoms with Gasteiger partial charge in [-0.3, -0.25) is 0 Å². The molecule has 0 unspecified atom stereocenters. The molecule has 1 aliphatic rings. The minimum Gasteiger partial charge on any atom is -0.353 e. The van der Waals surface area contributed by atoms with Crippen LogP contribution in [0.3, 0.4) is 0 Å². The molecule has 5 heteroatoms. The van der Waals surface area contributed by atoms with Crippen LogP contribution in [0.25, 0.3) is 0 Å². The van der Waals surface area contributed by atoms with Gasteiger partial charge in [0.25, 0.3) is 0 Å². The minimum atomic E-state index is -0.0252. The summed E-state index contributed by atoms with van der Waals surface area (Å²) >= 11 is 0. The third-order valence-corrected chi connectivity index (χ3v) is 4.81. The third-order valence-electron chi connectivity index (χ3n) is 4.81. The molecular formula is C21H28N4O. The van der Waals surface area contributed by atoms with Crippen LogP contribution in [-0.4, -0.2) is 42.1 Å². The van der Waals surface area contributed by atoms with E-state index in [-0.39, 0.29) is 6.03 Å². The van der Waals surface area contributed by atoms with E-state index in [2.05, 4.69) is 40.3 Å². The molecule has 2 aromatic rings. The molecule has 26 heavy (non-hydrogen) atoms. The quantitative estimate of drug-likeness (QED) is 0.882. The number of hydrogen-bond acceptors (Lipinski definition) is 3. The van der Waals surface area contributed by atoms with Crippen molar-refractivity contribution >= 4 is 17.5 Å². The summed E-state index contributed by atoms with van der Waals surface area (Å²) in [4.78, 5) is 21.1. The standard InChI is InChI=1S/C21H28N4O/c1-3-4-5-18-7-9-19(10-8-18)23-21(26)25-14-12-24(13-15-25)20-11-6-17(2)16-22-20/h6-11,16H,3-5,12-15H2,1-2H3,(H,23,26). The molecule has 0 spiro atoms. The third kappa shape index (κ3) is 4.75. The fourth-order valence-corrected chi connectivity index (χ4v) is 3.12. The first kappa shape index (κ1) is 18.2. The normalized spacial score (nSPS) is 14.4. The first-order chi connectivity index (χ1) is 12.7. The molecule has 1 aromatic heterocycles. The highest BCUT2D eigenvalue weighted by atomic mass is 16.2. The molecule has 5 nitrogen and oxygen atoms in total. The molecular weight excluding hydrogens is 324 g/mol. The Bertz CT molecular complexity index is 704. The summed E-state index contributed by atoms with van der Waals surface area (Å²) in [5.41, 5.74) is 3.34. The number of aromatic nitrogens is 1. The Labute approximate surface area is 156 Å². The van der Waals surface area contributed by atoms with Crippen molar-refractivity contribution in [1.82, 2.24) is 9.88 Å². The highest BCUT2D eigenvalue weighted by molar-refractivity contribution is 5.89. The predicted molar refractivity (Wildman–Crippen MR) is 107 cm³/mol. The number of amides is 2. The highest BCUT2D eigenvalue weighted by Gasteiger charge is 2.21. The first-order valence-electron chi connectivity index (χ1n) is 9.48. The average molecular weight is 352 g/mol. The van der Waals surface area contributed by atoms with Crippen LogP contribution in [0.4, 0.5) is 16.3 Å². The summed E-state index contributed by atoms with van der Waals surface area (Å²) in [7, 11) is 0. The largest absolute Gasteiger partial charge is 0.353 e. The van der Waals surface area contributed by atoms with Crippen LogP contribution in [0.2, 0.25) is 0 Å². The molecule has 0 bridgehead atoms. The lowest BCUT2D eigenvalue weighted by atomic mass is 10.1. The Balaban J connectivity index is 1.49. The molecule has 0 aliphatic carbocycles. The van der Waals surface area contributed by atoms with E-state index in [4.69, 9.17) is 0 Å². The maximum atomic E-state index is 12.5. The van der Waals surface area contributed by atoms with Gasteiger partial charge in [0.1, 0.15) is 5.82 Å².